The smallest absolute Gasteiger partial charge is 0.0463 e. The van der Waals surface area contributed by atoms with Crippen molar-refractivity contribution >= 4 is 22.7 Å². The monoisotopic (exact) mass is 293 g/mol. The summed E-state index contributed by atoms with van der Waals surface area (Å²) in [6.07, 6.45) is 1.10. The van der Waals surface area contributed by atoms with Crippen LogP contribution in [0.2, 0.25) is 0 Å². The van der Waals surface area contributed by atoms with E-state index in [1.165, 1.54) is 9.75 Å². The third-order valence-electron chi connectivity index (χ3n) is 3.70. The lowest BCUT2D eigenvalue weighted by atomic mass is 9.97. The normalized spacial score (nSPS) is 14.7. The molecule has 0 fully saturated rings. The van der Waals surface area contributed by atoms with E-state index in [9.17, 15) is 0 Å². The van der Waals surface area contributed by atoms with Crippen LogP contribution in [-0.2, 0) is 6.42 Å². The van der Waals surface area contributed by atoms with Crippen molar-refractivity contribution in [2.24, 2.45) is 11.8 Å². The summed E-state index contributed by atoms with van der Waals surface area (Å²) in [6, 6.07) is 9.23. The Kier molecular flexibility index (Phi) is 5.61. The van der Waals surface area contributed by atoms with Crippen LogP contribution >= 0.6 is 22.7 Å². The van der Waals surface area contributed by atoms with E-state index in [2.05, 4.69) is 61.1 Å². The summed E-state index contributed by atoms with van der Waals surface area (Å²) in [5, 5.41) is 8.09. The van der Waals surface area contributed by atoms with E-state index in [-0.39, 0.29) is 0 Å². The fourth-order valence-corrected chi connectivity index (χ4v) is 3.51. The summed E-state index contributed by atoms with van der Waals surface area (Å²) in [5.41, 5.74) is 0. The quantitative estimate of drug-likeness (QED) is 0.759. The van der Waals surface area contributed by atoms with Gasteiger partial charge in [-0.2, -0.15) is 0 Å². The summed E-state index contributed by atoms with van der Waals surface area (Å²) in [4.78, 5) is 2.91. The van der Waals surface area contributed by atoms with Crippen LogP contribution < -0.4 is 5.32 Å². The van der Waals surface area contributed by atoms with E-state index >= 15 is 0 Å². The van der Waals surface area contributed by atoms with Gasteiger partial charge in [0, 0.05) is 22.2 Å². The Morgan fingerprint density at radius 3 is 2.37 bits per heavy atom. The largest absolute Gasteiger partial charge is 0.309 e. The Morgan fingerprint density at radius 2 is 1.79 bits per heavy atom. The van der Waals surface area contributed by atoms with Gasteiger partial charge in [0.25, 0.3) is 0 Å². The van der Waals surface area contributed by atoms with Gasteiger partial charge in [0.05, 0.1) is 0 Å². The van der Waals surface area contributed by atoms with E-state index in [0.29, 0.717) is 12.0 Å². The third kappa shape index (κ3) is 4.44. The molecule has 0 amide bonds. The number of thiophene rings is 2. The highest BCUT2D eigenvalue weighted by Gasteiger charge is 2.15. The molecule has 0 aliphatic rings. The maximum Gasteiger partial charge on any atom is 0.0463 e. The topological polar surface area (TPSA) is 12.0 Å². The van der Waals surface area contributed by atoms with Crippen LogP contribution in [0.4, 0.5) is 0 Å². The van der Waals surface area contributed by atoms with Crippen molar-refractivity contribution in [3.63, 3.8) is 0 Å². The first kappa shape index (κ1) is 14.8. The predicted molar refractivity (Wildman–Crippen MR) is 87.1 cm³/mol. The lowest BCUT2D eigenvalue weighted by Gasteiger charge is -2.22. The van der Waals surface area contributed by atoms with E-state index < -0.39 is 0 Å². The van der Waals surface area contributed by atoms with Crippen LogP contribution in [0.1, 0.15) is 36.6 Å². The molecule has 104 valence electrons. The summed E-state index contributed by atoms with van der Waals surface area (Å²) in [5.74, 6) is 1.45. The van der Waals surface area contributed by atoms with Gasteiger partial charge >= 0.3 is 0 Å². The number of rotatable bonds is 7. The van der Waals surface area contributed by atoms with Gasteiger partial charge < -0.3 is 5.32 Å². The summed E-state index contributed by atoms with van der Waals surface area (Å²) in [7, 11) is 0. The van der Waals surface area contributed by atoms with Gasteiger partial charge in [-0.3, -0.25) is 0 Å². The van der Waals surface area contributed by atoms with Crippen molar-refractivity contribution in [1.29, 1.82) is 0 Å². The van der Waals surface area contributed by atoms with Crippen LogP contribution in [0.15, 0.2) is 35.0 Å². The molecular weight excluding hydrogens is 270 g/mol. The average Bonchev–Trinajstić information content (AvgIpc) is 3.06. The fraction of sp³-hybridized carbons (Fsp3) is 0.500. The Balaban J connectivity index is 1.99. The minimum absolute atomic E-state index is 0.458. The first-order chi connectivity index (χ1) is 9.16. The molecule has 2 unspecified atom stereocenters. The molecule has 2 rings (SSSR count). The van der Waals surface area contributed by atoms with Gasteiger partial charge in [-0.25, -0.2) is 0 Å². The number of hydrogen-bond acceptors (Lipinski definition) is 3. The molecule has 0 saturated heterocycles. The van der Waals surface area contributed by atoms with Gasteiger partial charge in [0.2, 0.25) is 0 Å². The van der Waals surface area contributed by atoms with Crippen molar-refractivity contribution in [1.82, 2.24) is 5.32 Å². The Bertz CT molecular complexity index is 445. The predicted octanol–water partition coefficient (Wildman–Crippen LogP) is 4.98. The second kappa shape index (κ2) is 7.22. The van der Waals surface area contributed by atoms with Crippen LogP contribution in [0, 0.1) is 11.8 Å². The zero-order valence-electron chi connectivity index (χ0n) is 11.9. The zero-order valence-corrected chi connectivity index (χ0v) is 13.6. The second-order valence-electron chi connectivity index (χ2n) is 5.48. The standard InChI is InChI=1S/C16H23NS2/c1-12(2)13(3)11-17-15(16-7-5-9-19-16)10-14-6-4-8-18-14/h4-9,12-13,15,17H,10-11H2,1-3H3. The molecule has 3 heteroatoms. The van der Waals surface area contributed by atoms with Crippen molar-refractivity contribution in [3.8, 4) is 0 Å². The van der Waals surface area contributed by atoms with Crippen molar-refractivity contribution in [2.45, 2.75) is 33.2 Å². The highest BCUT2D eigenvalue weighted by Crippen LogP contribution is 2.25. The van der Waals surface area contributed by atoms with E-state index in [0.717, 1.165) is 18.9 Å². The molecule has 2 heterocycles. The third-order valence-corrected chi connectivity index (χ3v) is 5.58. The van der Waals surface area contributed by atoms with Gasteiger partial charge in [-0.1, -0.05) is 32.9 Å². The molecule has 0 bridgehead atoms. The Labute approximate surface area is 124 Å². The zero-order chi connectivity index (χ0) is 13.7. The number of hydrogen-bond donors (Lipinski definition) is 1. The van der Waals surface area contributed by atoms with E-state index in [1.807, 2.05) is 22.7 Å². The van der Waals surface area contributed by atoms with Crippen LogP contribution in [0.25, 0.3) is 0 Å². The molecule has 1 N–H and O–H groups in total. The van der Waals surface area contributed by atoms with Crippen molar-refractivity contribution < 1.29 is 0 Å². The molecule has 0 aliphatic heterocycles. The molecule has 0 radical (unpaired) electrons. The van der Waals surface area contributed by atoms with E-state index in [4.69, 9.17) is 0 Å². The molecule has 0 saturated carbocycles. The summed E-state index contributed by atoms with van der Waals surface area (Å²) in [6.45, 7) is 8.01. The average molecular weight is 294 g/mol. The maximum atomic E-state index is 3.76. The molecule has 0 spiro atoms. The van der Waals surface area contributed by atoms with E-state index in [1.54, 1.807) is 0 Å². The molecule has 19 heavy (non-hydrogen) atoms. The minimum Gasteiger partial charge on any atom is -0.309 e. The summed E-state index contributed by atoms with van der Waals surface area (Å²) < 4.78 is 0. The SMILES string of the molecule is CC(C)C(C)CNC(Cc1cccs1)c1cccs1. The highest BCUT2D eigenvalue weighted by atomic mass is 32.1. The Morgan fingerprint density at radius 1 is 1.05 bits per heavy atom. The van der Waals surface area contributed by atoms with Crippen molar-refractivity contribution in [3.05, 3.63) is 44.8 Å². The first-order valence-electron chi connectivity index (χ1n) is 6.96. The lowest BCUT2D eigenvalue weighted by molar-refractivity contribution is 0.370. The van der Waals surface area contributed by atoms with Crippen LogP contribution in [0.3, 0.4) is 0 Å². The van der Waals surface area contributed by atoms with Gasteiger partial charge in [0.15, 0.2) is 0 Å². The molecule has 2 aromatic heterocycles. The lowest BCUT2D eigenvalue weighted by Crippen LogP contribution is -2.29. The van der Waals surface area contributed by atoms with Crippen LogP contribution in [-0.4, -0.2) is 6.54 Å². The molecule has 1 nitrogen and oxygen atoms in total. The van der Waals surface area contributed by atoms with Gasteiger partial charge in [0.1, 0.15) is 0 Å². The maximum absolute atomic E-state index is 3.76. The van der Waals surface area contributed by atoms with Crippen LogP contribution in [0.5, 0.6) is 0 Å². The molecule has 2 atom stereocenters. The van der Waals surface area contributed by atoms with Gasteiger partial charge in [-0.15, -0.1) is 22.7 Å². The minimum atomic E-state index is 0.458. The molecular formula is C16H23NS2. The molecule has 0 aliphatic carbocycles. The highest BCUT2D eigenvalue weighted by molar-refractivity contribution is 7.10. The second-order valence-corrected chi connectivity index (χ2v) is 7.49. The summed E-state index contributed by atoms with van der Waals surface area (Å²) >= 11 is 3.71. The van der Waals surface area contributed by atoms with Crippen molar-refractivity contribution in [2.75, 3.05) is 6.54 Å². The van der Waals surface area contributed by atoms with Gasteiger partial charge in [-0.05, 0) is 41.3 Å². The Hall–Kier alpha value is -0.640. The molecule has 2 aromatic rings. The first-order valence-corrected chi connectivity index (χ1v) is 8.72. The molecule has 0 aromatic carbocycles. The number of nitrogens with one attached hydrogen (secondary N) is 1. The fourth-order valence-electron chi connectivity index (χ4n) is 1.96.